The quantitative estimate of drug-likeness (QED) is 0.716. The average molecular weight is 340 g/mol. The summed E-state index contributed by atoms with van der Waals surface area (Å²) < 4.78 is 15.3. The molecule has 0 atom stereocenters. The van der Waals surface area contributed by atoms with Gasteiger partial charge in [-0.2, -0.15) is 4.52 Å². The number of hydrogen-bond acceptors (Lipinski definition) is 5. The molecular weight excluding hydrogens is 323 g/mol. The van der Waals surface area contributed by atoms with Crippen LogP contribution in [-0.4, -0.2) is 56.8 Å². The maximum atomic E-state index is 13.7. The lowest BCUT2D eigenvalue weighted by Crippen LogP contribution is -2.49. The third-order valence-corrected chi connectivity index (χ3v) is 4.40. The highest BCUT2D eigenvalue weighted by Crippen LogP contribution is 2.15. The Morgan fingerprint density at radius 2 is 1.88 bits per heavy atom. The topological polar surface area (TPSA) is 66.6 Å². The fourth-order valence-corrected chi connectivity index (χ4v) is 2.99. The molecule has 0 N–H and O–H groups in total. The van der Waals surface area contributed by atoms with Crippen molar-refractivity contribution in [3.05, 3.63) is 54.1 Å². The van der Waals surface area contributed by atoms with E-state index < -0.39 is 0 Å². The van der Waals surface area contributed by atoms with E-state index in [-0.39, 0.29) is 18.1 Å². The number of halogens is 1. The van der Waals surface area contributed by atoms with E-state index in [2.05, 4.69) is 20.2 Å². The van der Waals surface area contributed by atoms with Gasteiger partial charge in [-0.25, -0.2) is 4.39 Å². The molecule has 1 saturated heterocycles. The van der Waals surface area contributed by atoms with Crippen molar-refractivity contribution in [1.82, 2.24) is 24.7 Å². The molecule has 1 aliphatic heterocycles. The summed E-state index contributed by atoms with van der Waals surface area (Å²) in [6.07, 6.45) is 1.66. The molecule has 25 heavy (non-hydrogen) atoms. The van der Waals surface area contributed by atoms with Crippen LogP contribution in [0.4, 0.5) is 10.2 Å². The minimum absolute atomic E-state index is 0.0491. The zero-order valence-corrected chi connectivity index (χ0v) is 13.5. The molecule has 0 saturated carbocycles. The number of amides is 1. The third kappa shape index (κ3) is 3.15. The van der Waals surface area contributed by atoms with Gasteiger partial charge in [0.1, 0.15) is 18.0 Å². The molecule has 7 nitrogen and oxygen atoms in total. The van der Waals surface area contributed by atoms with Crippen molar-refractivity contribution in [3.8, 4) is 0 Å². The van der Waals surface area contributed by atoms with Crippen molar-refractivity contribution in [2.24, 2.45) is 0 Å². The maximum absolute atomic E-state index is 13.7. The van der Waals surface area contributed by atoms with Gasteiger partial charge in [-0.05, 0) is 23.8 Å². The molecule has 0 aliphatic carbocycles. The standard InChI is InChI=1S/C17H17FN6O/c18-14-4-2-1-3-13(14)11-17(25)23-9-7-22(8-10-23)16-6-5-15-20-19-12-24(15)21-16/h1-6,12H,7-11H2. The Balaban J connectivity index is 1.39. The number of hydrogen-bond donors (Lipinski definition) is 0. The highest BCUT2D eigenvalue weighted by molar-refractivity contribution is 5.79. The van der Waals surface area contributed by atoms with Crippen LogP contribution >= 0.6 is 0 Å². The van der Waals surface area contributed by atoms with Gasteiger partial charge in [0.15, 0.2) is 5.65 Å². The van der Waals surface area contributed by atoms with Crippen LogP contribution in [-0.2, 0) is 11.2 Å². The van der Waals surface area contributed by atoms with Gasteiger partial charge in [0.05, 0.1) is 6.42 Å². The first-order valence-corrected chi connectivity index (χ1v) is 8.14. The number of nitrogens with zero attached hydrogens (tertiary/aromatic N) is 6. The van der Waals surface area contributed by atoms with Gasteiger partial charge in [0, 0.05) is 26.2 Å². The fraction of sp³-hybridized carbons (Fsp3) is 0.294. The van der Waals surface area contributed by atoms with Gasteiger partial charge in [-0.1, -0.05) is 18.2 Å². The summed E-state index contributed by atoms with van der Waals surface area (Å²) in [6.45, 7) is 2.55. The van der Waals surface area contributed by atoms with E-state index in [0.717, 1.165) is 5.82 Å². The molecule has 8 heteroatoms. The second-order valence-electron chi connectivity index (χ2n) is 5.96. The second-order valence-corrected chi connectivity index (χ2v) is 5.96. The zero-order chi connectivity index (χ0) is 17.2. The Hall–Kier alpha value is -3.03. The first-order chi connectivity index (χ1) is 12.2. The number of benzene rings is 1. The predicted octanol–water partition coefficient (Wildman–Crippen LogP) is 1.15. The van der Waals surface area contributed by atoms with E-state index >= 15 is 0 Å². The fourth-order valence-electron chi connectivity index (χ4n) is 2.99. The van der Waals surface area contributed by atoms with Crippen LogP contribution in [0.1, 0.15) is 5.56 Å². The number of carbonyl (C=O) groups excluding carboxylic acids is 1. The summed E-state index contributed by atoms with van der Waals surface area (Å²) in [5, 5.41) is 12.2. The normalized spacial score (nSPS) is 14.9. The molecule has 4 rings (SSSR count). The summed E-state index contributed by atoms with van der Waals surface area (Å²) >= 11 is 0. The van der Waals surface area contributed by atoms with Crippen molar-refractivity contribution in [2.75, 3.05) is 31.1 Å². The predicted molar refractivity (Wildman–Crippen MR) is 89.7 cm³/mol. The summed E-state index contributed by atoms with van der Waals surface area (Å²) in [6, 6.07) is 10.2. The molecular formula is C17H17FN6O. The minimum atomic E-state index is -0.332. The Kier molecular flexibility index (Phi) is 4.01. The molecule has 2 aromatic heterocycles. The maximum Gasteiger partial charge on any atom is 0.227 e. The van der Waals surface area contributed by atoms with E-state index in [1.54, 1.807) is 33.9 Å². The van der Waals surface area contributed by atoms with Crippen LogP contribution < -0.4 is 4.90 Å². The minimum Gasteiger partial charge on any atom is -0.352 e. The summed E-state index contributed by atoms with van der Waals surface area (Å²) in [5.74, 6) is 0.446. The van der Waals surface area contributed by atoms with Crippen molar-refractivity contribution in [3.63, 3.8) is 0 Å². The molecule has 3 heterocycles. The lowest BCUT2D eigenvalue weighted by molar-refractivity contribution is -0.130. The molecule has 1 aromatic carbocycles. The van der Waals surface area contributed by atoms with E-state index in [9.17, 15) is 9.18 Å². The first-order valence-electron chi connectivity index (χ1n) is 8.14. The number of rotatable bonds is 3. The van der Waals surface area contributed by atoms with Gasteiger partial charge in [-0.15, -0.1) is 15.3 Å². The van der Waals surface area contributed by atoms with Crippen LogP contribution in [0.25, 0.3) is 5.65 Å². The van der Waals surface area contributed by atoms with Gasteiger partial charge in [-0.3, -0.25) is 4.79 Å². The van der Waals surface area contributed by atoms with E-state index in [1.165, 1.54) is 6.07 Å². The number of carbonyl (C=O) groups is 1. The van der Waals surface area contributed by atoms with Crippen LogP contribution in [0.2, 0.25) is 0 Å². The van der Waals surface area contributed by atoms with Gasteiger partial charge in [0.25, 0.3) is 0 Å². The van der Waals surface area contributed by atoms with E-state index in [4.69, 9.17) is 0 Å². The molecule has 3 aromatic rings. The lowest BCUT2D eigenvalue weighted by Gasteiger charge is -2.35. The zero-order valence-electron chi connectivity index (χ0n) is 13.5. The molecule has 1 amide bonds. The van der Waals surface area contributed by atoms with Crippen LogP contribution in [0.15, 0.2) is 42.7 Å². The smallest absolute Gasteiger partial charge is 0.227 e. The molecule has 1 fully saturated rings. The van der Waals surface area contributed by atoms with E-state index in [1.807, 2.05) is 12.1 Å². The van der Waals surface area contributed by atoms with E-state index in [0.29, 0.717) is 37.4 Å². The van der Waals surface area contributed by atoms with Crippen LogP contribution in [0, 0.1) is 5.82 Å². The summed E-state index contributed by atoms with van der Waals surface area (Å²) in [5.41, 5.74) is 1.14. The molecule has 0 bridgehead atoms. The molecule has 0 radical (unpaired) electrons. The van der Waals surface area contributed by atoms with Crippen molar-refractivity contribution >= 4 is 17.4 Å². The first kappa shape index (κ1) is 15.5. The van der Waals surface area contributed by atoms with Crippen LogP contribution in [0.5, 0.6) is 0 Å². The molecule has 0 unspecified atom stereocenters. The third-order valence-electron chi connectivity index (χ3n) is 4.40. The summed E-state index contributed by atoms with van der Waals surface area (Å²) in [7, 11) is 0. The molecule has 0 spiro atoms. The van der Waals surface area contributed by atoms with Crippen molar-refractivity contribution < 1.29 is 9.18 Å². The van der Waals surface area contributed by atoms with Gasteiger partial charge in [0.2, 0.25) is 5.91 Å². The van der Waals surface area contributed by atoms with Crippen molar-refractivity contribution in [2.45, 2.75) is 6.42 Å². The average Bonchev–Trinajstić information content (AvgIpc) is 3.11. The van der Waals surface area contributed by atoms with Gasteiger partial charge < -0.3 is 9.80 Å². The number of anilines is 1. The molecule has 1 aliphatic rings. The Morgan fingerprint density at radius 3 is 2.68 bits per heavy atom. The highest BCUT2D eigenvalue weighted by atomic mass is 19.1. The number of piperazine rings is 1. The van der Waals surface area contributed by atoms with Gasteiger partial charge >= 0.3 is 0 Å². The van der Waals surface area contributed by atoms with Crippen LogP contribution in [0.3, 0.4) is 0 Å². The highest BCUT2D eigenvalue weighted by Gasteiger charge is 2.23. The number of fused-ring (bicyclic) bond motifs is 1. The Bertz CT molecular complexity index is 903. The number of aromatic nitrogens is 4. The van der Waals surface area contributed by atoms with Crippen molar-refractivity contribution in [1.29, 1.82) is 0 Å². The monoisotopic (exact) mass is 340 g/mol. The molecule has 128 valence electrons. The Labute approximate surface area is 143 Å². The Morgan fingerprint density at radius 1 is 1.08 bits per heavy atom. The second kappa shape index (κ2) is 6.46. The lowest BCUT2D eigenvalue weighted by atomic mass is 10.1. The summed E-state index contributed by atoms with van der Waals surface area (Å²) in [4.78, 5) is 16.3. The SMILES string of the molecule is O=C(Cc1ccccc1F)N1CCN(c2ccc3nncn3n2)CC1. The largest absolute Gasteiger partial charge is 0.352 e.